The van der Waals surface area contributed by atoms with E-state index in [0.29, 0.717) is 32.8 Å². The summed E-state index contributed by atoms with van der Waals surface area (Å²) in [5.41, 5.74) is 0.763. The number of benzene rings is 2. The predicted octanol–water partition coefficient (Wildman–Crippen LogP) is 6.31. The van der Waals surface area contributed by atoms with Crippen molar-refractivity contribution in [3.05, 3.63) is 57.0 Å². The standard InChI is InChI=1S/C22H22BrClF3N3O3/c1-22(2,3)33-21(31)28-9-8-18-29-16-7-4-12(24)10-17(16)30(18)11-13-14(23)5-6-15(25)19(13)32-20(26)27/h4-7,10,20H,8-9,11H2,1-3H3,(H,28,31). The molecular formula is C22H22BrClF3N3O3. The summed E-state index contributed by atoms with van der Waals surface area (Å²) in [7, 11) is 0. The van der Waals surface area contributed by atoms with Crippen LogP contribution < -0.4 is 10.1 Å². The van der Waals surface area contributed by atoms with E-state index in [-0.39, 0.29) is 18.7 Å². The third-order valence-corrected chi connectivity index (χ3v) is 5.46. The van der Waals surface area contributed by atoms with Crippen LogP contribution >= 0.6 is 27.5 Å². The zero-order valence-corrected chi connectivity index (χ0v) is 20.4. The highest BCUT2D eigenvalue weighted by molar-refractivity contribution is 9.10. The van der Waals surface area contributed by atoms with Gasteiger partial charge in [-0.3, -0.25) is 0 Å². The van der Waals surface area contributed by atoms with Crippen molar-refractivity contribution in [3.8, 4) is 5.75 Å². The fourth-order valence-electron chi connectivity index (χ4n) is 3.20. The third kappa shape index (κ3) is 6.54. The van der Waals surface area contributed by atoms with E-state index in [1.165, 1.54) is 6.07 Å². The van der Waals surface area contributed by atoms with E-state index < -0.39 is 29.9 Å². The zero-order valence-electron chi connectivity index (χ0n) is 18.1. The number of ether oxygens (including phenoxy) is 2. The molecule has 0 unspecified atom stereocenters. The number of hydrogen-bond donors (Lipinski definition) is 1. The first kappa shape index (κ1) is 25.2. The second kappa shape index (κ2) is 10.2. The molecule has 1 amide bonds. The van der Waals surface area contributed by atoms with Crippen LogP contribution in [0.15, 0.2) is 34.8 Å². The second-order valence-electron chi connectivity index (χ2n) is 8.14. The minimum Gasteiger partial charge on any atom is -0.444 e. The predicted molar refractivity (Wildman–Crippen MR) is 123 cm³/mol. The summed E-state index contributed by atoms with van der Waals surface area (Å²) in [6, 6.07) is 7.53. The maximum Gasteiger partial charge on any atom is 0.407 e. The Morgan fingerprint density at radius 2 is 2.00 bits per heavy atom. The van der Waals surface area contributed by atoms with Crippen LogP contribution in [-0.4, -0.2) is 34.4 Å². The molecule has 3 rings (SSSR count). The lowest BCUT2D eigenvalue weighted by molar-refractivity contribution is -0.0529. The molecule has 0 atom stereocenters. The van der Waals surface area contributed by atoms with Crippen molar-refractivity contribution in [2.75, 3.05) is 6.54 Å². The van der Waals surface area contributed by atoms with Crippen LogP contribution in [0.2, 0.25) is 5.02 Å². The normalized spacial score (nSPS) is 11.8. The summed E-state index contributed by atoms with van der Waals surface area (Å²) in [4.78, 5) is 16.5. The largest absolute Gasteiger partial charge is 0.444 e. The molecular weight excluding hydrogens is 527 g/mol. The lowest BCUT2D eigenvalue weighted by atomic mass is 10.1. The SMILES string of the molecule is CC(C)(C)OC(=O)NCCc1nc2ccc(Cl)cc2n1Cc1c(Br)ccc(F)c1OC(F)F. The van der Waals surface area contributed by atoms with Crippen LogP contribution in [0.25, 0.3) is 11.0 Å². The number of imidazole rings is 1. The molecule has 0 saturated carbocycles. The van der Waals surface area contributed by atoms with E-state index in [1.807, 2.05) is 0 Å². The zero-order chi connectivity index (χ0) is 24.3. The van der Waals surface area contributed by atoms with Crippen LogP contribution in [0.4, 0.5) is 18.0 Å². The number of carbonyl (C=O) groups is 1. The molecule has 33 heavy (non-hydrogen) atoms. The van der Waals surface area contributed by atoms with Gasteiger partial charge in [-0.25, -0.2) is 14.2 Å². The number of nitrogens with one attached hydrogen (secondary N) is 1. The van der Waals surface area contributed by atoms with Gasteiger partial charge in [-0.15, -0.1) is 0 Å². The molecule has 1 N–H and O–H groups in total. The summed E-state index contributed by atoms with van der Waals surface area (Å²) in [5, 5.41) is 3.11. The maximum atomic E-state index is 14.3. The third-order valence-electron chi connectivity index (χ3n) is 4.48. The molecule has 0 aliphatic heterocycles. The van der Waals surface area contributed by atoms with Gasteiger partial charge in [0.15, 0.2) is 11.6 Å². The van der Waals surface area contributed by atoms with Gasteiger partial charge in [0.2, 0.25) is 0 Å². The van der Waals surface area contributed by atoms with E-state index >= 15 is 0 Å². The first-order chi connectivity index (χ1) is 15.4. The van der Waals surface area contributed by atoms with Gasteiger partial charge in [0.1, 0.15) is 11.4 Å². The van der Waals surface area contributed by atoms with Gasteiger partial charge in [-0.2, -0.15) is 8.78 Å². The molecule has 2 aromatic carbocycles. The van der Waals surface area contributed by atoms with E-state index in [4.69, 9.17) is 16.3 Å². The highest BCUT2D eigenvalue weighted by atomic mass is 79.9. The van der Waals surface area contributed by atoms with Crippen molar-refractivity contribution in [2.45, 2.75) is 45.9 Å². The number of hydrogen-bond acceptors (Lipinski definition) is 4. The van der Waals surface area contributed by atoms with Crippen LogP contribution in [-0.2, 0) is 17.7 Å². The first-order valence-corrected chi connectivity index (χ1v) is 11.1. The summed E-state index contributed by atoms with van der Waals surface area (Å²) in [5.74, 6) is -0.937. The first-order valence-electron chi connectivity index (χ1n) is 9.98. The fraction of sp³-hybridized carbons (Fsp3) is 0.364. The Hall–Kier alpha value is -2.46. The Morgan fingerprint density at radius 1 is 1.27 bits per heavy atom. The monoisotopic (exact) mass is 547 g/mol. The van der Waals surface area contributed by atoms with Crippen molar-refractivity contribution < 1.29 is 27.4 Å². The highest BCUT2D eigenvalue weighted by Crippen LogP contribution is 2.33. The summed E-state index contributed by atoms with van der Waals surface area (Å²) < 4.78 is 52.0. The number of alkyl halides is 2. The molecule has 6 nitrogen and oxygen atoms in total. The lowest BCUT2D eigenvalue weighted by Crippen LogP contribution is -2.33. The van der Waals surface area contributed by atoms with Crippen molar-refractivity contribution in [1.82, 2.24) is 14.9 Å². The maximum absolute atomic E-state index is 14.3. The smallest absolute Gasteiger partial charge is 0.407 e. The number of carbonyl (C=O) groups excluding carboxylic acids is 1. The number of alkyl carbamates (subject to hydrolysis) is 1. The number of rotatable bonds is 7. The lowest BCUT2D eigenvalue weighted by Gasteiger charge is -2.19. The molecule has 1 heterocycles. The van der Waals surface area contributed by atoms with Gasteiger partial charge in [0.05, 0.1) is 17.6 Å². The molecule has 1 aromatic heterocycles. The summed E-state index contributed by atoms with van der Waals surface area (Å²) in [6.07, 6.45) is -0.280. The van der Waals surface area contributed by atoms with Crippen molar-refractivity contribution in [1.29, 1.82) is 0 Å². The van der Waals surface area contributed by atoms with E-state index in [9.17, 15) is 18.0 Å². The van der Waals surface area contributed by atoms with Crippen molar-refractivity contribution in [3.63, 3.8) is 0 Å². The van der Waals surface area contributed by atoms with E-state index in [1.54, 1.807) is 43.5 Å². The topological polar surface area (TPSA) is 65.4 Å². The average molecular weight is 549 g/mol. The molecule has 0 radical (unpaired) electrons. The van der Waals surface area contributed by atoms with Gasteiger partial charge < -0.3 is 19.4 Å². The Balaban J connectivity index is 1.95. The van der Waals surface area contributed by atoms with E-state index in [2.05, 4.69) is 31.0 Å². The average Bonchev–Trinajstić information content (AvgIpc) is 3.02. The Labute approximate surface area is 202 Å². The number of halogens is 5. The van der Waals surface area contributed by atoms with E-state index in [0.717, 1.165) is 6.07 Å². The summed E-state index contributed by atoms with van der Waals surface area (Å²) in [6.45, 7) is 2.25. The van der Waals surface area contributed by atoms with Crippen LogP contribution in [0.3, 0.4) is 0 Å². The van der Waals surface area contributed by atoms with Crippen LogP contribution in [0.5, 0.6) is 5.75 Å². The van der Waals surface area contributed by atoms with Crippen molar-refractivity contribution >= 4 is 44.7 Å². The van der Waals surface area contributed by atoms with Gasteiger partial charge in [-0.05, 0) is 51.1 Å². The number of aromatic nitrogens is 2. The van der Waals surface area contributed by atoms with Crippen molar-refractivity contribution in [2.24, 2.45) is 0 Å². The van der Waals surface area contributed by atoms with Gasteiger partial charge >= 0.3 is 12.7 Å². The second-order valence-corrected chi connectivity index (χ2v) is 9.43. The van der Waals surface area contributed by atoms with Gasteiger partial charge in [0.25, 0.3) is 0 Å². The van der Waals surface area contributed by atoms with Gasteiger partial charge in [-0.1, -0.05) is 27.5 Å². The molecule has 0 spiro atoms. The Bertz CT molecular complexity index is 1170. The Morgan fingerprint density at radius 3 is 2.67 bits per heavy atom. The molecule has 3 aromatic rings. The van der Waals surface area contributed by atoms with Gasteiger partial charge in [0, 0.05) is 28.0 Å². The fourth-order valence-corrected chi connectivity index (χ4v) is 3.80. The Kier molecular flexibility index (Phi) is 7.79. The number of amides is 1. The molecule has 0 aliphatic carbocycles. The molecule has 0 saturated heterocycles. The number of nitrogens with zero attached hydrogens (tertiary/aromatic N) is 2. The molecule has 0 fully saturated rings. The number of fused-ring (bicyclic) bond motifs is 1. The molecule has 178 valence electrons. The van der Waals surface area contributed by atoms with Crippen LogP contribution in [0.1, 0.15) is 32.2 Å². The summed E-state index contributed by atoms with van der Waals surface area (Å²) >= 11 is 9.45. The molecule has 11 heteroatoms. The molecule has 0 bridgehead atoms. The highest BCUT2D eigenvalue weighted by Gasteiger charge is 2.21. The molecule has 0 aliphatic rings. The minimum atomic E-state index is -3.20. The van der Waals surface area contributed by atoms with Crippen LogP contribution in [0, 0.1) is 5.82 Å². The minimum absolute atomic E-state index is 0.0288. The quantitative estimate of drug-likeness (QED) is 0.376.